The van der Waals surface area contributed by atoms with Crippen molar-refractivity contribution >= 4 is 23.8 Å². The number of amides is 2. The fourth-order valence-corrected chi connectivity index (χ4v) is 2.94. The second-order valence-electron chi connectivity index (χ2n) is 5.75. The number of likely N-dealkylation sites (tertiary alicyclic amines) is 1. The number of nitrogens with one attached hydrogen (secondary N) is 1. The summed E-state index contributed by atoms with van der Waals surface area (Å²) < 4.78 is 0. The Morgan fingerprint density at radius 1 is 1.43 bits per heavy atom. The highest BCUT2D eigenvalue weighted by Gasteiger charge is 2.24. The van der Waals surface area contributed by atoms with Crippen LogP contribution in [0, 0.1) is 5.92 Å². The Hall–Kier alpha value is -0.950. The maximum atomic E-state index is 12.1. The number of hydrogen-bond donors (Lipinski definition) is 2. The summed E-state index contributed by atoms with van der Waals surface area (Å²) >= 11 is 1.58. The summed E-state index contributed by atoms with van der Waals surface area (Å²) in [6.07, 6.45) is 4.54. The number of piperidine rings is 1. The van der Waals surface area contributed by atoms with Crippen LogP contribution in [0.5, 0.6) is 0 Å². The number of carbonyl (C=O) groups excluding carboxylic acids is 1. The molecule has 2 amide bonds. The molecule has 0 bridgehead atoms. The standard InChI is InChI=1S/C14H27N3O3S/c1-16-7-4-11(5-8-16)10-17(2)14(20)15-12(13(18)19)6-9-21-3/h11-12H,4-10H2,1-3H3,(H,15,20)(H,18,19). The van der Waals surface area contributed by atoms with Gasteiger partial charge in [0.05, 0.1) is 0 Å². The molecule has 21 heavy (non-hydrogen) atoms. The molecule has 0 aromatic rings. The summed E-state index contributed by atoms with van der Waals surface area (Å²) in [6, 6.07) is -1.09. The molecule has 0 aliphatic carbocycles. The number of carboxylic acids is 1. The highest BCUT2D eigenvalue weighted by atomic mass is 32.2. The summed E-state index contributed by atoms with van der Waals surface area (Å²) in [7, 11) is 3.84. The lowest BCUT2D eigenvalue weighted by Gasteiger charge is -2.32. The van der Waals surface area contributed by atoms with Gasteiger partial charge < -0.3 is 20.2 Å². The Balaban J connectivity index is 2.39. The van der Waals surface area contributed by atoms with Crippen molar-refractivity contribution < 1.29 is 14.7 Å². The van der Waals surface area contributed by atoms with Crippen molar-refractivity contribution in [3.63, 3.8) is 0 Å². The molecule has 1 aliphatic rings. The van der Waals surface area contributed by atoms with Gasteiger partial charge in [-0.25, -0.2) is 9.59 Å². The molecule has 1 atom stereocenters. The first-order valence-electron chi connectivity index (χ1n) is 7.36. The Kier molecular flexibility index (Phi) is 7.88. The van der Waals surface area contributed by atoms with E-state index < -0.39 is 12.0 Å². The monoisotopic (exact) mass is 317 g/mol. The second kappa shape index (κ2) is 9.15. The average molecular weight is 317 g/mol. The molecule has 1 heterocycles. The van der Waals surface area contributed by atoms with Crippen molar-refractivity contribution in [2.24, 2.45) is 5.92 Å². The molecule has 6 nitrogen and oxygen atoms in total. The topological polar surface area (TPSA) is 72.9 Å². The maximum Gasteiger partial charge on any atom is 0.326 e. The van der Waals surface area contributed by atoms with E-state index in [1.165, 1.54) is 0 Å². The summed E-state index contributed by atoms with van der Waals surface area (Å²) in [4.78, 5) is 27.1. The van der Waals surface area contributed by atoms with Crippen molar-refractivity contribution in [2.45, 2.75) is 25.3 Å². The molecule has 7 heteroatoms. The summed E-state index contributed by atoms with van der Waals surface area (Å²) in [6.45, 7) is 2.81. The molecule has 0 saturated carbocycles. The van der Waals surface area contributed by atoms with Crippen LogP contribution in [0.1, 0.15) is 19.3 Å². The number of urea groups is 1. The second-order valence-corrected chi connectivity index (χ2v) is 6.73. The van der Waals surface area contributed by atoms with Crippen molar-refractivity contribution in [3.8, 4) is 0 Å². The smallest absolute Gasteiger partial charge is 0.326 e. The predicted octanol–water partition coefficient (Wildman–Crippen LogP) is 1.18. The number of thioether (sulfide) groups is 1. The van der Waals surface area contributed by atoms with Gasteiger partial charge in [0, 0.05) is 13.6 Å². The molecule has 1 saturated heterocycles. The van der Waals surface area contributed by atoms with Crippen LogP contribution < -0.4 is 5.32 Å². The molecule has 1 unspecified atom stereocenters. The fraction of sp³-hybridized carbons (Fsp3) is 0.857. The minimum absolute atomic E-state index is 0.289. The lowest BCUT2D eigenvalue weighted by molar-refractivity contribution is -0.139. The minimum Gasteiger partial charge on any atom is -0.480 e. The number of nitrogens with zero attached hydrogens (tertiary/aromatic N) is 2. The molecule has 0 radical (unpaired) electrons. The summed E-state index contributed by atoms with van der Waals surface area (Å²) in [5.41, 5.74) is 0. The number of rotatable bonds is 7. The van der Waals surface area contributed by atoms with E-state index in [1.54, 1.807) is 23.7 Å². The molecule has 1 rings (SSSR count). The van der Waals surface area contributed by atoms with Crippen LogP contribution in [0.3, 0.4) is 0 Å². The SMILES string of the molecule is CSCCC(NC(=O)N(C)CC1CCN(C)CC1)C(=O)O. The van der Waals surface area contributed by atoms with Gasteiger partial charge in [0.2, 0.25) is 0 Å². The molecule has 0 aromatic heterocycles. The predicted molar refractivity (Wildman–Crippen MR) is 85.8 cm³/mol. The van der Waals surface area contributed by atoms with Crippen molar-refractivity contribution in [1.29, 1.82) is 0 Å². The van der Waals surface area contributed by atoms with E-state index in [9.17, 15) is 9.59 Å². The molecular weight excluding hydrogens is 290 g/mol. The van der Waals surface area contributed by atoms with Crippen molar-refractivity contribution in [2.75, 3.05) is 45.7 Å². The quantitative estimate of drug-likeness (QED) is 0.737. The Morgan fingerprint density at radius 2 is 2.05 bits per heavy atom. The van der Waals surface area contributed by atoms with Gasteiger partial charge in [0.25, 0.3) is 0 Å². The number of aliphatic carboxylic acids is 1. The lowest BCUT2D eigenvalue weighted by atomic mass is 9.97. The zero-order valence-electron chi connectivity index (χ0n) is 13.2. The Morgan fingerprint density at radius 3 is 2.57 bits per heavy atom. The van der Waals surface area contributed by atoms with Gasteiger partial charge >= 0.3 is 12.0 Å². The van der Waals surface area contributed by atoms with Crippen LogP contribution in [-0.4, -0.2) is 78.7 Å². The van der Waals surface area contributed by atoms with Gasteiger partial charge in [-0.05, 0) is 57.3 Å². The van der Waals surface area contributed by atoms with Crippen molar-refractivity contribution in [1.82, 2.24) is 15.1 Å². The van der Waals surface area contributed by atoms with Gasteiger partial charge in [-0.2, -0.15) is 11.8 Å². The van der Waals surface area contributed by atoms with E-state index in [0.29, 0.717) is 18.9 Å². The third-order valence-electron chi connectivity index (χ3n) is 3.92. The van der Waals surface area contributed by atoms with E-state index in [2.05, 4.69) is 17.3 Å². The van der Waals surface area contributed by atoms with Crippen LogP contribution in [-0.2, 0) is 4.79 Å². The van der Waals surface area contributed by atoms with Gasteiger partial charge in [-0.1, -0.05) is 0 Å². The summed E-state index contributed by atoms with van der Waals surface area (Å²) in [5.74, 6) is 0.257. The average Bonchev–Trinajstić information content (AvgIpc) is 2.45. The third-order valence-corrected chi connectivity index (χ3v) is 4.57. The van der Waals surface area contributed by atoms with E-state index in [1.807, 2.05) is 6.26 Å². The molecule has 0 aromatic carbocycles. The molecular formula is C14H27N3O3S. The zero-order valence-corrected chi connectivity index (χ0v) is 14.0. The first-order chi connectivity index (χ1) is 9.93. The van der Waals surface area contributed by atoms with E-state index >= 15 is 0 Å². The van der Waals surface area contributed by atoms with Crippen LogP contribution in [0.25, 0.3) is 0 Å². The van der Waals surface area contributed by atoms with Crippen LogP contribution >= 0.6 is 11.8 Å². The van der Waals surface area contributed by atoms with Crippen LogP contribution in [0.15, 0.2) is 0 Å². The number of hydrogen-bond acceptors (Lipinski definition) is 4. The molecule has 1 fully saturated rings. The molecule has 2 N–H and O–H groups in total. The van der Waals surface area contributed by atoms with E-state index in [0.717, 1.165) is 31.7 Å². The fourth-order valence-electron chi connectivity index (χ4n) is 2.47. The van der Waals surface area contributed by atoms with E-state index in [4.69, 9.17) is 5.11 Å². The first-order valence-corrected chi connectivity index (χ1v) is 8.75. The normalized spacial score (nSPS) is 18.2. The minimum atomic E-state index is -0.968. The highest BCUT2D eigenvalue weighted by molar-refractivity contribution is 7.98. The van der Waals surface area contributed by atoms with Crippen LogP contribution in [0.4, 0.5) is 4.79 Å². The highest BCUT2D eigenvalue weighted by Crippen LogP contribution is 2.16. The van der Waals surface area contributed by atoms with Gasteiger partial charge in [0.1, 0.15) is 6.04 Å². The van der Waals surface area contributed by atoms with Gasteiger partial charge in [-0.3, -0.25) is 0 Å². The molecule has 0 spiro atoms. The Labute approximate surface area is 131 Å². The van der Waals surface area contributed by atoms with Gasteiger partial charge in [0.15, 0.2) is 0 Å². The first kappa shape index (κ1) is 18.1. The lowest BCUT2D eigenvalue weighted by Crippen LogP contribution is -2.48. The largest absolute Gasteiger partial charge is 0.480 e. The molecule has 122 valence electrons. The van der Waals surface area contributed by atoms with Crippen molar-refractivity contribution in [3.05, 3.63) is 0 Å². The number of carbonyl (C=O) groups is 2. The van der Waals surface area contributed by atoms with Gasteiger partial charge in [-0.15, -0.1) is 0 Å². The van der Waals surface area contributed by atoms with Crippen LogP contribution in [0.2, 0.25) is 0 Å². The maximum absolute atomic E-state index is 12.1. The Bertz CT molecular complexity index is 346. The zero-order chi connectivity index (χ0) is 15.8. The third kappa shape index (κ3) is 6.56. The molecule has 1 aliphatic heterocycles. The number of carboxylic acid groups (broad SMARTS) is 1. The van der Waals surface area contributed by atoms with E-state index in [-0.39, 0.29) is 6.03 Å². The summed E-state index contributed by atoms with van der Waals surface area (Å²) in [5, 5.41) is 11.7.